The summed E-state index contributed by atoms with van der Waals surface area (Å²) < 4.78 is 6.34. The zero-order valence-electron chi connectivity index (χ0n) is 12.3. The van der Waals surface area contributed by atoms with Gasteiger partial charge in [0, 0.05) is 24.3 Å². The van der Waals surface area contributed by atoms with Gasteiger partial charge in [-0.1, -0.05) is 6.07 Å². The molecule has 4 heteroatoms. The highest BCUT2D eigenvalue weighted by atomic mass is 79.9. The van der Waals surface area contributed by atoms with Crippen molar-refractivity contribution in [1.29, 1.82) is 0 Å². The Morgan fingerprint density at radius 3 is 2.50 bits per heavy atom. The molecule has 1 aromatic heterocycles. The Labute approximate surface area is 128 Å². The van der Waals surface area contributed by atoms with Crippen LogP contribution in [0.2, 0.25) is 0 Å². The molecule has 0 aliphatic rings. The van der Waals surface area contributed by atoms with Crippen LogP contribution in [0, 0.1) is 13.8 Å². The first-order valence-electron chi connectivity index (χ1n) is 6.48. The summed E-state index contributed by atoms with van der Waals surface area (Å²) in [4.78, 5) is 6.55. The van der Waals surface area contributed by atoms with E-state index in [9.17, 15) is 0 Å². The van der Waals surface area contributed by atoms with Crippen LogP contribution in [0.1, 0.15) is 16.7 Å². The lowest BCUT2D eigenvalue weighted by Gasteiger charge is -2.21. The molecule has 106 valence electrons. The van der Waals surface area contributed by atoms with Gasteiger partial charge in [0.2, 0.25) is 0 Å². The zero-order chi connectivity index (χ0) is 14.7. The van der Waals surface area contributed by atoms with Crippen LogP contribution >= 0.6 is 15.9 Å². The summed E-state index contributed by atoms with van der Waals surface area (Å²) in [6.07, 6.45) is 1.82. The number of hydrogen-bond acceptors (Lipinski definition) is 3. The van der Waals surface area contributed by atoms with Crippen molar-refractivity contribution >= 4 is 21.7 Å². The molecule has 0 saturated carbocycles. The molecule has 20 heavy (non-hydrogen) atoms. The first kappa shape index (κ1) is 14.9. The molecule has 2 rings (SSSR count). The lowest BCUT2D eigenvalue weighted by atomic mass is 10.0. The summed E-state index contributed by atoms with van der Waals surface area (Å²) >= 11 is 3.40. The summed E-state index contributed by atoms with van der Waals surface area (Å²) in [6, 6.07) is 8.16. The number of benzene rings is 1. The number of aromatic nitrogens is 1. The number of halogens is 1. The Morgan fingerprint density at radius 1 is 1.15 bits per heavy atom. The number of anilines is 1. The molecule has 0 atom stereocenters. The number of nitrogens with zero attached hydrogens (tertiary/aromatic N) is 2. The minimum absolute atomic E-state index is 0.825. The molecule has 2 aromatic rings. The van der Waals surface area contributed by atoms with E-state index in [4.69, 9.17) is 4.74 Å². The van der Waals surface area contributed by atoms with Gasteiger partial charge in [-0.25, -0.2) is 4.98 Å². The summed E-state index contributed by atoms with van der Waals surface area (Å²) in [7, 11) is 3.76. The second-order valence-electron chi connectivity index (χ2n) is 4.87. The van der Waals surface area contributed by atoms with Crippen LogP contribution in [0.15, 0.2) is 34.9 Å². The maximum Gasteiger partial charge on any atom is 0.128 e. The van der Waals surface area contributed by atoms with Gasteiger partial charge in [-0.05, 0) is 64.7 Å². The predicted octanol–water partition coefficient (Wildman–Crippen LogP) is 4.11. The van der Waals surface area contributed by atoms with Crippen molar-refractivity contribution < 1.29 is 4.74 Å². The first-order chi connectivity index (χ1) is 9.52. The fourth-order valence-corrected chi connectivity index (χ4v) is 2.41. The molecule has 0 aliphatic heterocycles. The van der Waals surface area contributed by atoms with E-state index in [2.05, 4.69) is 52.8 Å². The van der Waals surface area contributed by atoms with E-state index < -0.39 is 0 Å². The number of rotatable bonds is 4. The lowest BCUT2D eigenvalue weighted by molar-refractivity contribution is 0.411. The third-order valence-electron chi connectivity index (χ3n) is 3.58. The van der Waals surface area contributed by atoms with Gasteiger partial charge in [0.1, 0.15) is 11.6 Å². The van der Waals surface area contributed by atoms with E-state index in [1.54, 1.807) is 7.11 Å². The van der Waals surface area contributed by atoms with Crippen LogP contribution in [0.3, 0.4) is 0 Å². The van der Waals surface area contributed by atoms with Crippen LogP contribution in [-0.4, -0.2) is 19.1 Å². The van der Waals surface area contributed by atoms with Crippen molar-refractivity contribution in [1.82, 2.24) is 4.98 Å². The summed E-state index contributed by atoms with van der Waals surface area (Å²) in [5.41, 5.74) is 3.76. The zero-order valence-corrected chi connectivity index (χ0v) is 13.9. The van der Waals surface area contributed by atoms with Gasteiger partial charge in [-0.15, -0.1) is 0 Å². The van der Waals surface area contributed by atoms with Crippen molar-refractivity contribution in [2.24, 2.45) is 0 Å². The fourth-order valence-electron chi connectivity index (χ4n) is 2.17. The van der Waals surface area contributed by atoms with E-state index >= 15 is 0 Å². The van der Waals surface area contributed by atoms with Crippen LogP contribution < -0.4 is 9.64 Å². The Morgan fingerprint density at radius 2 is 1.90 bits per heavy atom. The van der Waals surface area contributed by atoms with Gasteiger partial charge in [0.15, 0.2) is 0 Å². The Bertz CT molecular complexity index is 596. The average molecular weight is 335 g/mol. The molecule has 3 nitrogen and oxygen atoms in total. The largest absolute Gasteiger partial charge is 0.496 e. The fraction of sp³-hybridized carbons (Fsp3) is 0.312. The highest BCUT2D eigenvalue weighted by Crippen LogP contribution is 2.25. The van der Waals surface area contributed by atoms with Crippen LogP contribution in [-0.2, 0) is 6.54 Å². The van der Waals surface area contributed by atoms with E-state index in [-0.39, 0.29) is 0 Å². The summed E-state index contributed by atoms with van der Waals surface area (Å²) in [6.45, 7) is 5.05. The Hall–Kier alpha value is -1.55. The molecule has 0 radical (unpaired) electrons. The van der Waals surface area contributed by atoms with Crippen molar-refractivity contribution in [2.45, 2.75) is 20.4 Å². The molecule has 1 aromatic carbocycles. The van der Waals surface area contributed by atoms with E-state index in [1.807, 2.05) is 24.4 Å². The molecule has 0 fully saturated rings. The SMILES string of the molecule is COc1ccc(CN(C)c2ccc(Br)cn2)c(C)c1C. The molecule has 0 bridgehead atoms. The van der Waals surface area contributed by atoms with Crippen LogP contribution in [0.5, 0.6) is 5.75 Å². The molecule has 0 amide bonds. The monoisotopic (exact) mass is 334 g/mol. The number of methoxy groups -OCH3 is 1. The molecule has 0 saturated heterocycles. The quantitative estimate of drug-likeness (QED) is 0.841. The second-order valence-corrected chi connectivity index (χ2v) is 5.78. The Kier molecular flexibility index (Phi) is 4.65. The summed E-state index contributed by atoms with van der Waals surface area (Å²) in [5.74, 6) is 1.90. The number of pyridine rings is 1. The van der Waals surface area contributed by atoms with Gasteiger partial charge in [-0.2, -0.15) is 0 Å². The molecule has 0 aliphatic carbocycles. The van der Waals surface area contributed by atoms with Gasteiger partial charge >= 0.3 is 0 Å². The van der Waals surface area contributed by atoms with Crippen molar-refractivity contribution in [3.63, 3.8) is 0 Å². The Balaban J connectivity index is 2.21. The number of hydrogen-bond donors (Lipinski definition) is 0. The smallest absolute Gasteiger partial charge is 0.128 e. The maximum atomic E-state index is 5.35. The lowest BCUT2D eigenvalue weighted by Crippen LogP contribution is -2.18. The van der Waals surface area contributed by atoms with Crippen LogP contribution in [0.25, 0.3) is 0 Å². The molecular formula is C16H19BrN2O. The van der Waals surface area contributed by atoms with Gasteiger partial charge in [-0.3, -0.25) is 0 Å². The predicted molar refractivity (Wildman–Crippen MR) is 86.5 cm³/mol. The molecule has 1 heterocycles. The first-order valence-corrected chi connectivity index (χ1v) is 7.28. The molecular weight excluding hydrogens is 316 g/mol. The highest BCUT2D eigenvalue weighted by Gasteiger charge is 2.09. The van der Waals surface area contributed by atoms with Gasteiger partial charge < -0.3 is 9.64 Å². The third-order valence-corrected chi connectivity index (χ3v) is 4.05. The normalized spacial score (nSPS) is 10.4. The minimum Gasteiger partial charge on any atom is -0.496 e. The van der Waals surface area contributed by atoms with E-state index in [0.29, 0.717) is 0 Å². The van der Waals surface area contributed by atoms with E-state index in [0.717, 1.165) is 22.6 Å². The van der Waals surface area contributed by atoms with Crippen molar-refractivity contribution in [3.8, 4) is 5.75 Å². The maximum absolute atomic E-state index is 5.35. The summed E-state index contributed by atoms with van der Waals surface area (Å²) in [5, 5.41) is 0. The van der Waals surface area contributed by atoms with E-state index in [1.165, 1.54) is 16.7 Å². The third kappa shape index (κ3) is 3.12. The topological polar surface area (TPSA) is 25.4 Å². The molecule has 0 spiro atoms. The number of ether oxygens (including phenoxy) is 1. The van der Waals surface area contributed by atoms with Crippen molar-refractivity contribution in [3.05, 3.63) is 51.6 Å². The average Bonchev–Trinajstić information content (AvgIpc) is 2.45. The molecule has 0 N–H and O–H groups in total. The second kappa shape index (κ2) is 6.27. The van der Waals surface area contributed by atoms with Gasteiger partial charge in [0.25, 0.3) is 0 Å². The standard InChI is InChI=1S/C16H19BrN2O/c1-11-12(2)15(20-4)7-5-13(11)10-19(3)16-8-6-14(17)9-18-16/h5-9H,10H2,1-4H3. The highest BCUT2D eigenvalue weighted by molar-refractivity contribution is 9.10. The van der Waals surface area contributed by atoms with Gasteiger partial charge in [0.05, 0.1) is 7.11 Å². The minimum atomic E-state index is 0.825. The molecule has 0 unspecified atom stereocenters. The van der Waals surface area contributed by atoms with Crippen LogP contribution in [0.4, 0.5) is 5.82 Å². The van der Waals surface area contributed by atoms with Crippen molar-refractivity contribution in [2.75, 3.05) is 19.1 Å².